The van der Waals surface area contributed by atoms with Crippen molar-refractivity contribution in [2.45, 2.75) is 55.3 Å². The Bertz CT molecular complexity index is 593. The highest BCUT2D eigenvalue weighted by molar-refractivity contribution is 7.89. The normalized spacial score (nSPS) is 25.6. The van der Waals surface area contributed by atoms with Crippen molar-refractivity contribution in [1.82, 2.24) is 10.0 Å². The molecule has 21 heavy (non-hydrogen) atoms. The van der Waals surface area contributed by atoms with Crippen molar-refractivity contribution >= 4 is 10.0 Å². The molecule has 0 bridgehead atoms. The summed E-state index contributed by atoms with van der Waals surface area (Å²) in [7, 11) is -1.77. The first kappa shape index (κ1) is 15.0. The van der Waals surface area contributed by atoms with Crippen LogP contribution in [0.25, 0.3) is 0 Å². The van der Waals surface area contributed by atoms with Crippen molar-refractivity contribution in [2.75, 3.05) is 7.11 Å². The third-order valence-electron chi connectivity index (χ3n) is 4.13. The van der Waals surface area contributed by atoms with Gasteiger partial charge in [-0.2, -0.15) is 0 Å². The van der Waals surface area contributed by atoms with Crippen LogP contribution in [-0.2, 0) is 21.3 Å². The van der Waals surface area contributed by atoms with Crippen LogP contribution in [0.4, 0.5) is 0 Å². The van der Waals surface area contributed by atoms with E-state index in [0.717, 1.165) is 24.9 Å². The molecule has 0 aliphatic heterocycles. The predicted molar refractivity (Wildman–Crippen MR) is 80.4 cm³/mol. The Morgan fingerprint density at radius 2 is 2.00 bits per heavy atom. The first-order chi connectivity index (χ1) is 10.1. The maximum Gasteiger partial charge on any atom is 0.240 e. The number of nitrogens with one attached hydrogen (secondary N) is 2. The molecule has 2 aliphatic rings. The topological polar surface area (TPSA) is 67.4 Å². The van der Waals surface area contributed by atoms with E-state index in [0.29, 0.717) is 10.9 Å². The third-order valence-corrected chi connectivity index (χ3v) is 5.65. The van der Waals surface area contributed by atoms with E-state index >= 15 is 0 Å². The van der Waals surface area contributed by atoms with Gasteiger partial charge in [-0.1, -0.05) is 12.1 Å². The number of rotatable bonds is 7. The van der Waals surface area contributed by atoms with Gasteiger partial charge in [0.2, 0.25) is 10.0 Å². The molecule has 0 unspecified atom stereocenters. The number of hydrogen-bond acceptors (Lipinski definition) is 4. The molecule has 1 aromatic rings. The standard InChI is InChI=1S/C15H22N2O3S/c1-20-14-8-13(9-14)17-21(18,19)15-4-2-3-11(7-15)10-16-12-5-6-12/h2-4,7,12-14,16-17H,5-6,8-10H2,1H3. The van der Waals surface area contributed by atoms with Crippen molar-refractivity contribution in [3.05, 3.63) is 29.8 Å². The Hall–Kier alpha value is -0.950. The van der Waals surface area contributed by atoms with E-state index in [1.807, 2.05) is 6.07 Å². The van der Waals surface area contributed by atoms with E-state index in [1.165, 1.54) is 12.8 Å². The van der Waals surface area contributed by atoms with E-state index in [9.17, 15) is 8.42 Å². The minimum atomic E-state index is -3.43. The lowest BCUT2D eigenvalue weighted by atomic mass is 9.90. The van der Waals surface area contributed by atoms with Crippen LogP contribution in [0.3, 0.4) is 0 Å². The molecule has 2 fully saturated rings. The molecule has 0 heterocycles. The van der Waals surface area contributed by atoms with Crippen LogP contribution in [0, 0.1) is 0 Å². The fraction of sp³-hybridized carbons (Fsp3) is 0.600. The lowest BCUT2D eigenvalue weighted by molar-refractivity contribution is 0.0236. The highest BCUT2D eigenvalue weighted by Crippen LogP contribution is 2.25. The predicted octanol–water partition coefficient (Wildman–Crippen LogP) is 1.39. The van der Waals surface area contributed by atoms with Gasteiger partial charge in [0.1, 0.15) is 0 Å². The molecule has 3 rings (SSSR count). The SMILES string of the molecule is COC1CC(NS(=O)(=O)c2cccc(CNC3CC3)c2)C1. The maximum atomic E-state index is 12.4. The average molecular weight is 310 g/mol. The molecule has 0 spiro atoms. The Kier molecular flexibility index (Phi) is 4.31. The Morgan fingerprint density at radius 3 is 2.67 bits per heavy atom. The summed E-state index contributed by atoms with van der Waals surface area (Å²) >= 11 is 0. The van der Waals surface area contributed by atoms with Crippen molar-refractivity contribution in [3.8, 4) is 0 Å². The van der Waals surface area contributed by atoms with Gasteiger partial charge in [-0.25, -0.2) is 13.1 Å². The van der Waals surface area contributed by atoms with Gasteiger partial charge in [-0.05, 0) is 43.4 Å². The van der Waals surface area contributed by atoms with E-state index in [-0.39, 0.29) is 12.1 Å². The van der Waals surface area contributed by atoms with Gasteiger partial charge in [0.15, 0.2) is 0 Å². The minimum Gasteiger partial charge on any atom is -0.381 e. The highest BCUT2D eigenvalue weighted by Gasteiger charge is 2.32. The molecule has 2 N–H and O–H groups in total. The Labute approximate surface area is 126 Å². The van der Waals surface area contributed by atoms with Gasteiger partial charge < -0.3 is 10.1 Å². The number of benzene rings is 1. The first-order valence-electron chi connectivity index (χ1n) is 7.44. The molecule has 2 saturated carbocycles. The van der Waals surface area contributed by atoms with Crippen LogP contribution in [0.2, 0.25) is 0 Å². The smallest absolute Gasteiger partial charge is 0.240 e. The van der Waals surface area contributed by atoms with E-state index in [4.69, 9.17) is 4.74 Å². The maximum absolute atomic E-state index is 12.4. The van der Waals surface area contributed by atoms with Crippen molar-refractivity contribution in [1.29, 1.82) is 0 Å². The summed E-state index contributed by atoms with van der Waals surface area (Å²) in [6.45, 7) is 0.725. The van der Waals surface area contributed by atoms with Crippen molar-refractivity contribution in [2.24, 2.45) is 0 Å². The zero-order valence-corrected chi connectivity index (χ0v) is 13.0. The summed E-state index contributed by atoms with van der Waals surface area (Å²) in [5, 5.41) is 3.40. The van der Waals surface area contributed by atoms with Gasteiger partial charge in [0.25, 0.3) is 0 Å². The monoisotopic (exact) mass is 310 g/mol. The van der Waals surface area contributed by atoms with Crippen LogP contribution in [0.1, 0.15) is 31.2 Å². The molecule has 2 aliphatic carbocycles. The van der Waals surface area contributed by atoms with Crippen LogP contribution >= 0.6 is 0 Å². The van der Waals surface area contributed by atoms with Crippen LogP contribution in [-0.4, -0.2) is 33.7 Å². The zero-order chi connectivity index (χ0) is 14.9. The quantitative estimate of drug-likeness (QED) is 0.799. The third kappa shape index (κ3) is 3.83. The first-order valence-corrected chi connectivity index (χ1v) is 8.92. The number of ether oxygens (including phenoxy) is 1. The summed E-state index contributed by atoms with van der Waals surface area (Å²) in [5.74, 6) is 0. The summed E-state index contributed by atoms with van der Waals surface area (Å²) in [4.78, 5) is 0.346. The number of hydrogen-bond donors (Lipinski definition) is 2. The molecule has 116 valence electrons. The van der Waals surface area contributed by atoms with Crippen LogP contribution in [0.5, 0.6) is 0 Å². The lowest BCUT2D eigenvalue weighted by Gasteiger charge is -2.34. The molecule has 0 amide bonds. The van der Waals surface area contributed by atoms with E-state index < -0.39 is 10.0 Å². The van der Waals surface area contributed by atoms with Gasteiger partial charge in [-0.3, -0.25) is 0 Å². The van der Waals surface area contributed by atoms with Crippen molar-refractivity contribution in [3.63, 3.8) is 0 Å². The Morgan fingerprint density at radius 1 is 1.24 bits per heavy atom. The largest absolute Gasteiger partial charge is 0.381 e. The van der Waals surface area contributed by atoms with Crippen LogP contribution < -0.4 is 10.0 Å². The highest BCUT2D eigenvalue weighted by atomic mass is 32.2. The molecule has 0 aromatic heterocycles. The second kappa shape index (κ2) is 6.04. The zero-order valence-electron chi connectivity index (χ0n) is 12.2. The summed E-state index contributed by atoms with van der Waals surface area (Å²) in [6, 6.07) is 7.77. The molecule has 1 aromatic carbocycles. The minimum absolute atomic E-state index is 0.00630. The van der Waals surface area contributed by atoms with Crippen molar-refractivity contribution < 1.29 is 13.2 Å². The van der Waals surface area contributed by atoms with Gasteiger partial charge in [-0.15, -0.1) is 0 Å². The second-order valence-electron chi connectivity index (χ2n) is 5.95. The second-order valence-corrected chi connectivity index (χ2v) is 7.66. The molecule has 6 heteroatoms. The fourth-order valence-corrected chi connectivity index (χ4v) is 3.85. The molecule has 0 radical (unpaired) electrons. The molecule has 5 nitrogen and oxygen atoms in total. The Balaban J connectivity index is 1.62. The summed E-state index contributed by atoms with van der Waals surface area (Å²) in [5.41, 5.74) is 1.01. The molecular weight excluding hydrogens is 288 g/mol. The molecule has 0 saturated heterocycles. The summed E-state index contributed by atoms with van der Waals surface area (Å²) < 4.78 is 32.6. The van der Waals surface area contributed by atoms with Gasteiger partial charge in [0, 0.05) is 25.7 Å². The molecule has 0 atom stereocenters. The number of sulfonamides is 1. The summed E-state index contributed by atoms with van der Waals surface area (Å²) in [6.07, 6.45) is 4.13. The van der Waals surface area contributed by atoms with E-state index in [2.05, 4.69) is 10.0 Å². The van der Waals surface area contributed by atoms with Gasteiger partial charge in [0.05, 0.1) is 11.0 Å². The average Bonchev–Trinajstić information content (AvgIpc) is 3.24. The number of methoxy groups -OCH3 is 1. The van der Waals surface area contributed by atoms with Crippen LogP contribution in [0.15, 0.2) is 29.2 Å². The fourth-order valence-electron chi connectivity index (χ4n) is 2.51. The molecular formula is C15H22N2O3S. The van der Waals surface area contributed by atoms with E-state index in [1.54, 1.807) is 25.3 Å². The lowest BCUT2D eigenvalue weighted by Crippen LogP contribution is -2.47. The van der Waals surface area contributed by atoms with Gasteiger partial charge >= 0.3 is 0 Å².